The maximum absolute atomic E-state index is 11.5. The summed E-state index contributed by atoms with van der Waals surface area (Å²) in [4.78, 5) is 19.6. The van der Waals surface area contributed by atoms with Gasteiger partial charge in [-0.1, -0.05) is 11.6 Å². The fraction of sp³-hybridized carbons (Fsp3) is 0.154. The molecule has 0 atom stereocenters. The van der Waals surface area contributed by atoms with E-state index in [-0.39, 0.29) is 0 Å². The van der Waals surface area contributed by atoms with Crippen molar-refractivity contribution in [3.8, 4) is 11.3 Å². The molecule has 2 aromatic rings. The van der Waals surface area contributed by atoms with Crippen LogP contribution in [0.15, 0.2) is 36.8 Å². The van der Waals surface area contributed by atoms with Crippen molar-refractivity contribution >= 4 is 17.6 Å². The molecular formula is C13H11ClN2O2. The molecule has 4 nitrogen and oxygen atoms in total. The number of nitrogens with zero attached hydrogens (tertiary/aromatic N) is 2. The molecule has 2 heterocycles. The van der Waals surface area contributed by atoms with Crippen LogP contribution >= 0.6 is 11.6 Å². The van der Waals surface area contributed by atoms with Crippen molar-refractivity contribution in [2.24, 2.45) is 0 Å². The number of ether oxygens (including phenoxy) is 1. The minimum Gasteiger partial charge on any atom is -0.462 e. The highest BCUT2D eigenvalue weighted by molar-refractivity contribution is 6.33. The number of aromatic nitrogens is 2. The Kier molecular flexibility index (Phi) is 3.89. The van der Waals surface area contributed by atoms with E-state index in [0.29, 0.717) is 22.9 Å². The van der Waals surface area contributed by atoms with Gasteiger partial charge in [0.05, 0.1) is 22.9 Å². The van der Waals surface area contributed by atoms with Gasteiger partial charge in [-0.3, -0.25) is 9.97 Å². The van der Waals surface area contributed by atoms with E-state index in [1.807, 2.05) is 0 Å². The quantitative estimate of drug-likeness (QED) is 0.798. The summed E-state index contributed by atoms with van der Waals surface area (Å²) in [7, 11) is 0. The molecule has 2 aromatic heterocycles. The van der Waals surface area contributed by atoms with Crippen LogP contribution < -0.4 is 0 Å². The number of carbonyl (C=O) groups is 1. The predicted molar refractivity (Wildman–Crippen MR) is 68.4 cm³/mol. The Morgan fingerprint density at radius 1 is 1.39 bits per heavy atom. The molecule has 0 saturated carbocycles. The first-order valence-electron chi connectivity index (χ1n) is 5.45. The van der Waals surface area contributed by atoms with Crippen molar-refractivity contribution in [3.63, 3.8) is 0 Å². The van der Waals surface area contributed by atoms with Crippen molar-refractivity contribution in [2.75, 3.05) is 6.61 Å². The van der Waals surface area contributed by atoms with Gasteiger partial charge in [-0.05, 0) is 25.1 Å². The molecule has 0 saturated heterocycles. The van der Waals surface area contributed by atoms with Crippen molar-refractivity contribution < 1.29 is 9.53 Å². The van der Waals surface area contributed by atoms with Gasteiger partial charge in [0.25, 0.3) is 0 Å². The lowest BCUT2D eigenvalue weighted by Gasteiger charge is -2.05. The molecule has 0 fully saturated rings. The van der Waals surface area contributed by atoms with E-state index in [0.717, 1.165) is 5.56 Å². The van der Waals surface area contributed by atoms with Gasteiger partial charge < -0.3 is 4.74 Å². The zero-order valence-electron chi connectivity index (χ0n) is 9.76. The number of hydrogen-bond acceptors (Lipinski definition) is 4. The van der Waals surface area contributed by atoms with E-state index in [4.69, 9.17) is 16.3 Å². The Bertz CT molecular complexity index is 558. The normalized spacial score (nSPS) is 10.1. The second-order valence-electron chi connectivity index (χ2n) is 3.51. The molecule has 0 bridgehead atoms. The average Bonchev–Trinajstić information content (AvgIpc) is 2.40. The Morgan fingerprint density at radius 2 is 2.11 bits per heavy atom. The Balaban J connectivity index is 2.34. The lowest BCUT2D eigenvalue weighted by atomic mass is 10.1. The molecule has 5 heteroatoms. The first kappa shape index (κ1) is 12.5. The highest BCUT2D eigenvalue weighted by atomic mass is 35.5. The van der Waals surface area contributed by atoms with Gasteiger partial charge in [0.2, 0.25) is 0 Å². The summed E-state index contributed by atoms with van der Waals surface area (Å²) >= 11 is 6.12. The Labute approximate surface area is 110 Å². The summed E-state index contributed by atoms with van der Waals surface area (Å²) < 4.78 is 4.88. The summed E-state index contributed by atoms with van der Waals surface area (Å²) in [6, 6.07) is 5.17. The molecule has 0 aliphatic rings. The van der Waals surface area contributed by atoms with Crippen molar-refractivity contribution in [2.45, 2.75) is 6.92 Å². The maximum Gasteiger partial charge on any atom is 0.339 e. The lowest BCUT2D eigenvalue weighted by Crippen LogP contribution is -2.05. The summed E-state index contributed by atoms with van der Waals surface area (Å²) in [6.07, 6.45) is 4.78. The third-order valence-electron chi connectivity index (χ3n) is 2.31. The molecule has 0 N–H and O–H groups in total. The second kappa shape index (κ2) is 5.60. The lowest BCUT2D eigenvalue weighted by molar-refractivity contribution is 0.0526. The van der Waals surface area contributed by atoms with E-state index >= 15 is 0 Å². The summed E-state index contributed by atoms with van der Waals surface area (Å²) in [5.41, 5.74) is 1.82. The van der Waals surface area contributed by atoms with Gasteiger partial charge in [0, 0.05) is 24.2 Å². The van der Waals surface area contributed by atoms with Gasteiger partial charge in [0.1, 0.15) is 0 Å². The molecule has 0 unspecified atom stereocenters. The minimum atomic E-state index is -0.423. The van der Waals surface area contributed by atoms with Crippen LogP contribution in [0.3, 0.4) is 0 Å². The van der Waals surface area contributed by atoms with Crippen LogP contribution in [0, 0.1) is 0 Å². The molecule has 0 aromatic carbocycles. The Morgan fingerprint density at radius 3 is 2.72 bits per heavy atom. The minimum absolute atomic E-state index is 0.322. The number of hydrogen-bond donors (Lipinski definition) is 0. The largest absolute Gasteiger partial charge is 0.462 e. The van der Waals surface area contributed by atoms with Gasteiger partial charge in [-0.2, -0.15) is 0 Å². The van der Waals surface area contributed by atoms with Gasteiger partial charge in [-0.15, -0.1) is 0 Å². The summed E-state index contributed by atoms with van der Waals surface area (Å²) in [5, 5.41) is 0.409. The van der Waals surface area contributed by atoms with E-state index < -0.39 is 5.97 Å². The zero-order valence-corrected chi connectivity index (χ0v) is 10.5. The molecule has 0 aliphatic carbocycles. The number of pyridine rings is 2. The predicted octanol–water partition coefficient (Wildman–Crippen LogP) is 2.97. The molecule has 92 valence electrons. The fourth-order valence-electron chi connectivity index (χ4n) is 1.49. The molecule has 0 spiro atoms. The van der Waals surface area contributed by atoms with Gasteiger partial charge in [-0.25, -0.2) is 4.79 Å². The van der Waals surface area contributed by atoms with Crippen molar-refractivity contribution in [1.82, 2.24) is 9.97 Å². The van der Waals surface area contributed by atoms with E-state index in [1.165, 1.54) is 6.20 Å². The van der Waals surface area contributed by atoms with Gasteiger partial charge in [0.15, 0.2) is 0 Å². The van der Waals surface area contributed by atoms with E-state index in [1.54, 1.807) is 37.5 Å². The zero-order chi connectivity index (χ0) is 13.0. The highest BCUT2D eigenvalue weighted by Crippen LogP contribution is 2.25. The van der Waals surface area contributed by atoms with Gasteiger partial charge >= 0.3 is 5.97 Å². The smallest absolute Gasteiger partial charge is 0.339 e. The molecule has 0 radical (unpaired) electrons. The summed E-state index contributed by atoms with van der Waals surface area (Å²) in [5.74, 6) is -0.423. The first-order chi connectivity index (χ1) is 8.72. The van der Waals surface area contributed by atoms with Crippen LogP contribution in [0.4, 0.5) is 0 Å². The third-order valence-corrected chi connectivity index (χ3v) is 2.59. The molecule has 0 aliphatic heterocycles. The number of rotatable bonds is 3. The number of halogens is 1. The molecular weight excluding hydrogens is 252 g/mol. The standard InChI is InChI=1S/C13H11ClN2O2/c1-2-18-13(17)10-7-11(14)12(16-8-10)9-3-5-15-6-4-9/h3-8H,2H2,1H3. The van der Waals surface area contributed by atoms with Crippen molar-refractivity contribution in [3.05, 3.63) is 47.4 Å². The SMILES string of the molecule is CCOC(=O)c1cnc(-c2ccncc2)c(Cl)c1. The van der Waals surface area contributed by atoms with E-state index in [9.17, 15) is 4.79 Å². The molecule has 18 heavy (non-hydrogen) atoms. The first-order valence-corrected chi connectivity index (χ1v) is 5.83. The molecule has 0 amide bonds. The Hall–Kier alpha value is -1.94. The third kappa shape index (κ3) is 2.65. The van der Waals surface area contributed by atoms with Crippen LogP contribution in [0.25, 0.3) is 11.3 Å². The van der Waals surface area contributed by atoms with Crippen LogP contribution in [-0.4, -0.2) is 22.5 Å². The van der Waals surface area contributed by atoms with Crippen molar-refractivity contribution in [1.29, 1.82) is 0 Å². The van der Waals surface area contributed by atoms with Crippen LogP contribution in [0.1, 0.15) is 17.3 Å². The fourth-order valence-corrected chi connectivity index (χ4v) is 1.76. The topological polar surface area (TPSA) is 52.1 Å². The second-order valence-corrected chi connectivity index (χ2v) is 3.92. The van der Waals surface area contributed by atoms with Crippen LogP contribution in [0.2, 0.25) is 5.02 Å². The monoisotopic (exact) mass is 262 g/mol. The van der Waals surface area contributed by atoms with Crippen LogP contribution in [-0.2, 0) is 4.74 Å². The summed E-state index contributed by atoms with van der Waals surface area (Å²) in [6.45, 7) is 2.07. The highest BCUT2D eigenvalue weighted by Gasteiger charge is 2.11. The van der Waals surface area contributed by atoms with E-state index in [2.05, 4.69) is 9.97 Å². The molecule has 2 rings (SSSR count). The maximum atomic E-state index is 11.5. The van der Waals surface area contributed by atoms with Crippen LogP contribution in [0.5, 0.6) is 0 Å². The number of carbonyl (C=O) groups excluding carboxylic acids is 1. The average molecular weight is 263 g/mol. The number of esters is 1.